The molecule has 2 heterocycles. The SMILES string of the molecule is COc1ccc2c(c1)c(C(O)c1nc3ccccc3o1)cn2Cc1ccc(Cl)cc1. The van der Waals surface area contributed by atoms with Crippen LogP contribution in [-0.2, 0) is 6.54 Å². The molecular weight excluding hydrogens is 400 g/mol. The van der Waals surface area contributed by atoms with Crippen LogP contribution in [0.4, 0.5) is 0 Å². The molecule has 6 heteroatoms. The van der Waals surface area contributed by atoms with E-state index in [0.717, 1.165) is 22.2 Å². The molecule has 3 aromatic carbocycles. The van der Waals surface area contributed by atoms with Gasteiger partial charge in [0, 0.05) is 34.2 Å². The summed E-state index contributed by atoms with van der Waals surface area (Å²) < 4.78 is 13.3. The van der Waals surface area contributed by atoms with Gasteiger partial charge in [-0.1, -0.05) is 35.9 Å². The van der Waals surface area contributed by atoms with Gasteiger partial charge in [0.25, 0.3) is 0 Å². The molecule has 0 spiro atoms. The van der Waals surface area contributed by atoms with Gasteiger partial charge in [-0.2, -0.15) is 0 Å². The van der Waals surface area contributed by atoms with E-state index in [4.69, 9.17) is 20.8 Å². The normalized spacial score (nSPS) is 12.5. The van der Waals surface area contributed by atoms with Crippen molar-refractivity contribution in [3.05, 3.63) is 95.0 Å². The maximum atomic E-state index is 11.1. The molecule has 0 radical (unpaired) electrons. The molecule has 0 aliphatic heterocycles. The lowest BCUT2D eigenvalue weighted by molar-refractivity contribution is 0.187. The molecule has 1 unspecified atom stereocenters. The largest absolute Gasteiger partial charge is 0.497 e. The molecule has 5 nitrogen and oxygen atoms in total. The van der Waals surface area contributed by atoms with Crippen molar-refractivity contribution in [2.45, 2.75) is 12.6 Å². The number of ether oxygens (including phenoxy) is 1. The summed E-state index contributed by atoms with van der Waals surface area (Å²) in [4.78, 5) is 4.47. The van der Waals surface area contributed by atoms with Gasteiger partial charge in [-0.3, -0.25) is 0 Å². The van der Waals surface area contributed by atoms with Crippen LogP contribution in [0.1, 0.15) is 23.1 Å². The molecule has 30 heavy (non-hydrogen) atoms. The van der Waals surface area contributed by atoms with Crippen molar-refractivity contribution in [2.75, 3.05) is 7.11 Å². The first kappa shape index (κ1) is 18.7. The van der Waals surface area contributed by atoms with Crippen molar-refractivity contribution in [3.8, 4) is 5.75 Å². The van der Waals surface area contributed by atoms with Crippen molar-refractivity contribution < 1.29 is 14.3 Å². The molecule has 2 aromatic heterocycles. The van der Waals surface area contributed by atoms with Gasteiger partial charge in [-0.15, -0.1) is 0 Å². The van der Waals surface area contributed by atoms with Crippen molar-refractivity contribution in [3.63, 3.8) is 0 Å². The molecule has 0 saturated heterocycles. The number of fused-ring (bicyclic) bond motifs is 2. The first-order chi connectivity index (χ1) is 14.6. The van der Waals surface area contributed by atoms with E-state index in [1.807, 2.05) is 72.9 Å². The first-order valence-corrected chi connectivity index (χ1v) is 9.95. The second-order valence-electron chi connectivity index (χ2n) is 7.14. The number of methoxy groups -OCH3 is 1. The minimum atomic E-state index is -1.00. The maximum absolute atomic E-state index is 11.1. The molecule has 0 saturated carbocycles. The van der Waals surface area contributed by atoms with Crippen LogP contribution in [0.3, 0.4) is 0 Å². The quantitative estimate of drug-likeness (QED) is 0.405. The monoisotopic (exact) mass is 418 g/mol. The second kappa shape index (κ2) is 7.52. The molecule has 0 fully saturated rings. The minimum absolute atomic E-state index is 0.268. The van der Waals surface area contributed by atoms with Crippen molar-refractivity contribution in [1.29, 1.82) is 0 Å². The Labute approximate surface area is 178 Å². The van der Waals surface area contributed by atoms with Gasteiger partial charge < -0.3 is 18.8 Å². The fourth-order valence-corrected chi connectivity index (χ4v) is 3.83. The van der Waals surface area contributed by atoms with E-state index >= 15 is 0 Å². The van der Waals surface area contributed by atoms with Crippen LogP contribution in [0.2, 0.25) is 5.02 Å². The highest BCUT2D eigenvalue weighted by Gasteiger charge is 2.23. The van der Waals surface area contributed by atoms with Gasteiger partial charge in [0.2, 0.25) is 5.89 Å². The number of nitrogens with zero attached hydrogens (tertiary/aromatic N) is 2. The summed E-state index contributed by atoms with van der Waals surface area (Å²) in [6.45, 7) is 0.639. The summed E-state index contributed by atoms with van der Waals surface area (Å²) in [6.07, 6.45) is 0.941. The van der Waals surface area contributed by atoms with Crippen LogP contribution in [0.25, 0.3) is 22.0 Å². The molecular formula is C24H19ClN2O3. The number of rotatable bonds is 5. The lowest BCUT2D eigenvalue weighted by Gasteiger charge is -2.06. The average Bonchev–Trinajstić information content (AvgIpc) is 3.36. The van der Waals surface area contributed by atoms with Gasteiger partial charge in [0.15, 0.2) is 11.7 Å². The fourth-order valence-electron chi connectivity index (χ4n) is 3.71. The van der Waals surface area contributed by atoms with Crippen molar-refractivity contribution in [2.24, 2.45) is 0 Å². The third kappa shape index (κ3) is 3.32. The van der Waals surface area contributed by atoms with Crippen LogP contribution in [0.5, 0.6) is 5.75 Å². The summed E-state index contributed by atoms with van der Waals surface area (Å²) in [5.74, 6) is 0.988. The smallest absolute Gasteiger partial charge is 0.229 e. The van der Waals surface area contributed by atoms with Crippen LogP contribution >= 0.6 is 11.6 Å². The molecule has 0 amide bonds. The Morgan fingerprint density at radius 1 is 1.10 bits per heavy atom. The topological polar surface area (TPSA) is 60.4 Å². The molecule has 0 aliphatic rings. The Balaban J connectivity index is 1.61. The predicted molar refractivity (Wildman–Crippen MR) is 117 cm³/mol. The molecule has 1 N–H and O–H groups in total. The Kier molecular flexibility index (Phi) is 4.69. The first-order valence-electron chi connectivity index (χ1n) is 9.57. The maximum Gasteiger partial charge on any atom is 0.229 e. The standard InChI is InChI=1S/C24H19ClN2O3/c1-29-17-10-11-21-18(12-17)19(14-27(21)13-15-6-8-16(25)9-7-15)23(28)24-26-20-4-2-3-5-22(20)30-24/h2-12,14,23,28H,13H2,1H3. The summed E-state index contributed by atoms with van der Waals surface area (Å²) in [7, 11) is 1.63. The number of benzene rings is 3. The highest BCUT2D eigenvalue weighted by molar-refractivity contribution is 6.30. The van der Waals surface area contributed by atoms with Crippen LogP contribution in [0.15, 0.2) is 77.3 Å². The zero-order valence-electron chi connectivity index (χ0n) is 16.2. The van der Waals surface area contributed by atoms with E-state index in [9.17, 15) is 5.11 Å². The number of aliphatic hydroxyl groups excluding tert-OH is 1. The summed E-state index contributed by atoms with van der Waals surface area (Å²) in [5, 5.41) is 12.7. The van der Waals surface area contributed by atoms with E-state index in [-0.39, 0.29) is 5.89 Å². The number of hydrogen-bond donors (Lipinski definition) is 1. The van der Waals surface area contributed by atoms with Gasteiger partial charge in [-0.05, 0) is 48.0 Å². The van der Waals surface area contributed by atoms with E-state index in [1.54, 1.807) is 7.11 Å². The summed E-state index contributed by atoms with van der Waals surface area (Å²) in [5.41, 5.74) is 4.17. The van der Waals surface area contributed by atoms with Crippen molar-refractivity contribution in [1.82, 2.24) is 9.55 Å². The number of aromatic nitrogens is 2. The van der Waals surface area contributed by atoms with Crippen LogP contribution < -0.4 is 4.74 Å². The fraction of sp³-hybridized carbons (Fsp3) is 0.125. The Morgan fingerprint density at radius 3 is 2.67 bits per heavy atom. The van der Waals surface area contributed by atoms with E-state index in [2.05, 4.69) is 9.55 Å². The Hall–Kier alpha value is -3.28. The third-order valence-corrected chi connectivity index (χ3v) is 5.48. The van der Waals surface area contributed by atoms with Gasteiger partial charge in [-0.25, -0.2) is 4.98 Å². The summed E-state index contributed by atoms with van der Waals surface area (Å²) >= 11 is 6.02. The highest BCUT2D eigenvalue weighted by Crippen LogP contribution is 2.34. The van der Waals surface area contributed by atoms with E-state index in [0.29, 0.717) is 28.2 Å². The number of hydrogen-bond acceptors (Lipinski definition) is 4. The number of para-hydroxylation sites is 2. The molecule has 150 valence electrons. The van der Waals surface area contributed by atoms with Crippen LogP contribution in [0, 0.1) is 0 Å². The van der Waals surface area contributed by atoms with Gasteiger partial charge in [0.05, 0.1) is 7.11 Å². The molecule has 5 rings (SSSR count). The Morgan fingerprint density at radius 2 is 1.90 bits per heavy atom. The molecule has 0 aliphatic carbocycles. The average molecular weight is 419 g/mol. The number of halogens is 1. The molecule has 1 atom stereocenters. The van der Waals surface area contributed by atoms with Gasteiger partial charge in [0.1, 0.15) is 11.3 Å². The predicted octanol–water partition coefficient (Wildman–Crippen LogP) is 5.57. The minimum Gasteiger partial charge on any atom is -0.497 e. The second-order valence-corrected chi connectivity index (χ2v) is 7.58. The number of aliphatic hydroxyl groups is 1. The van der Waals surface area contributed by atoms with Gasteiger partial charge >= 0.3 is 0 Å². The highest BCUT2D eigenvalue weighted by atomic mass is 35.5. The number of oxazole rings is 1. The zero-order chi connectivity index (χ0) is 20.7. The van der Waals surface area contributed by atoms with E-state index in [1.165, 1.54) is 0 Å². The Bertz CT molecular complexity index is 1310. The van der Waals surface area contributed by atoms with Crippen LogP contribution in [-0.4, -0.2) is 21.8 Å². The lowest BCUT2D eigenvalue weighted by atomic mass is 10.1. The zero-order valence-corrected chi connectivity index (χ0v) is 17.0. The molecule has 0 bridgehead atoms. The van der Waals surface area contributed by atoms with E-state index < -0.39 is 6.10 Å². The lowest BCUT2D eigenvalue weighted by Crippen LogP contribution is -2.00. The summed E-state index contributed by atoms with van der Waals surface area (Å²) in [6, 6.07) is 21.0. The third-order valence-electron chi connectivity index (χ3n) is 5.22. The molecule has 5 aromatic rings. The van der Waals surface area contributed by atoms with Crippen molar-refractivity contribution >= 4 is 33.6 Å².